The van der Waals surface area contributed by atoms with Crippen LogP contribution >= 0.6 is 12.2 Å². The summed E-state index contributed by atoms with van der Waals surface area (Å²) < 4.78 is 11.0. The van der Waals surface area contributed by atoms with Gasteiger partial charge < -0.3 is 4.74 Å². The fourth-order valence-electron chi connectivity index (χ4n) is 4.70. The Morgan fingerprint density at radius 3 is 2.56 bits per heavy atom. The first-order valence-corrected chi connectivity index (χ1v) is 12.0. The minimum absolute atomic E-state index is 0.0552. The lowest BCUT2D eigenvalue weighted by molar-refractivity contribution is -0.149. The third kappa shape index (κ3) is 3.84. The average Bonchev–Trinajstić information content (AvgIpc) is 3.16. The maximum atomic E-state index is 13.6. The first kappa shape index (κ1) is 22.5. The summed E-state index contributed by atoms with van der Waals surface area (Å²) in [7, 11) is 0. The van der Waals surface area contributed by atoms with Gasteiger partial charge in [0, 0.05) is 13.1 Å². The average molecular weight is 478 g/mol. The molecule has 0 radical (unpaired) electrons. The molecule has 1 fully saturated rings. The largest absolute Gasteiger partial charge is 0.466 e. The van der Waals surface area contributed by atoms with Gasteiger partial charge in [0.25, 0.3) is 5.56 Å². The van der Waals surface area contributed by atoms with Gasteiger partial charge in [0.05, 0.1) is 35.8 Å². The second-order valence-electron chi connectivity index (χ2n) is 8.65. The van der Waals surface area contributed by atoms with Gasteiger partial charge in [-0.2, -0.15) is 0 Å². The second kappa shape index (κ2) is 9.15. The van der Waals surface area contributed by atoms with E-state index in [-0.39, 0.29) is 17.4 Å². The molecular weight excluding hydrogens is 450 g/mol. The Kier molecular flexibility index (Phi) is 6.05. The number of likely N-dealkylation sites (tertiary alicyclic amines) is 1. The van der Waals surface area contributed by atoms with Crippen molar-refractivity contribution in [2.75, 3.05) is 19.7 Å². The van der Waals surface area contributed by atoms with Gasteiger partial charge in [0.1, 0.15) is 0 Å². The molecule has 1 saturated heterocycles. The summed E-state index contributed by atoms with van der Waals surface area (Å²) >= 11 is 5.86. The zero-order chi connectivity index (χ0) is 23.8. The molecule has 2 aromatic heterocycles. The van der Waals surface area contributed by atoms with Crippen LogP contribution in [0, 0.1) is 17.6 Å². The molecule has 0 N–H and O–H groups in total. The first-order chi connectivity index (χ1) is 16.5. The molecule has 5 rings (SSSR count). The smallest absolute Gasteiger partial charge is 0.309 e. The van der Waals surface area contributed by atoms with E-state index in [1.807, 2.05) is 66.8 Å². The van der Waals surface area contributed by atoms with Crippen LogP contribution in [0.4, 0.5) is 0 Å². The van der Waals surface area contributed by atoms with Crippen LogP contribution in [0.1, 0.15) is 25.3 Å². The van der Waals surface area contributed by atoms with Crippen molar-refractivity contribution >= 4 is 34.9 Å². The third-order valence-electron chi connectivity index (χ3n) is 6.50. The van der Waals surface area contributed by atoms with Crippen molar-refractivity contribution in [2.24, 2.45) is 5.92 Å². The van der Waals surface area contributed by atoms with Gasteiger partial charge in [-0.25, -0.2) is 9.25 Å². The molecule has 0 atom stereocenters. The number of aryl methyl sites for hydroxylation is 1. The molecular formula is C25H27N5O3S. The van der Waals surface area contributed by atoms with E-state index in [4.69, 9.17) is 22.1 Å². The second-order valence-corrected chi connectivity index (χ2v) is 9.01. The highest BCUT2D eigenvalue weighted by Gasteiger charge is 2.27. The standard InChI is InChI=1S/C25H27N5O3S/c1-3-33-23(32)18-12-14-27(15-13-18)16-28-25(34)30-21-11-7-5-9-19(21)22(31)29(24(30)26-28)20-10-6-4-8-17(20)2/h4-11,18H,3,12-16H2,1-2H3. The van der Waals surface area contributed by atoms with Crippen LogP contribution in [0.2, 0.25) is 0 Å². The van der Waals surface area contributed by atoms with Gasteiger partial charge in [-0.3, -0.25) is 18.9 Å². The maximum absolute atomic E-state index is 13.6. The van der Waals surface area contributed by atoms with Crippen molar-refractivity contribution in [1.82, 2.24) is 23.6 Å². The Morgan fingerprint density at radius 2 is 1.82 bits per heavy atom. The Balaban J connectivity index is 1.58. The fraction of sp³-hybridized carbons (Fsp3) is 0.360. The van der Waals surface area contributed by atoms with Gasteiger partial charge in [-0.05, 0) is 62.7 Å². The van der Waals surface area contributed by atoms with Gasteiger partial charge in [0.15, 0.2) is 0 Å². The van der Waals surface area contributed by atoms with E-state index in [9.17, 15) is 9.59 Å². The van der Waals surface area contributed by atoms with Crippen LogP contribution in [-0.2, 0) is 16.2 Å². The number of carbonyl (C=O) groups is 1. The van der Waals surface area contributed by atoms with E-state index in [2.05, 4.69) is 4.90 Å². The first-order valence-electron chi connectivity index (χ1n) is 11.6. The number of fused-ring (bicyclic) bond motifs is 3. The lowest BCUT2D eigenvalue weighted by Gasteiger charge is -2.30. The number of piperidine rings is 1. The maximum Gasteiger partial charge on any atom is 0.309 e. The monoisotopic (exact) mass is 477 g/mol. The van der Waals surface area contributed by atoms with Crippen molar-refractivity contribution in [3.8, 4) is 5.69 Å². The molecule has 0 bridgehead atoms. The summed E-state index contributed by atoms with van der Waals surface area (Å²) in [5.41, 5.74) is 2.37. The number of ether oxygens (including phenoxy) is 1. The van der Waals surface area contributed by atoms with Crippen LogP contribution in [0.5, 0.6) is 0 Å². The quantitative estimate of drug-likeness (QED) is 0.322. The molecule has 1 aliphatic rings. The molecule has 3 heterocycles. The molecule has 8 nitrogen and oxygen atoms in total. The summed E-state index contributed by atoms with van der Waals surface area (Å²) in [6, 6.07) is 15.3. The molecule has 4 aromatic rings. The van der Waals surface area contributed by atoms with Gasteiger partial charge >= 0.3 is 5.97 Å². The zero-order valence-corrected chi connectivity index (χ0v) is 20.1. The summed E-state index contributed by atoms with van der Waals surface area (Å²) in [4.78, 5) is 27.9. The number of aromatic nitrogens is 4. The number of hydrogen-bond donors (Lipinski definition) is 0. The normalized spacial score (nSPS) is 15.2. The summed E-state index contributed by atoms with van der Waals surface area (Å²) in [6.07, 6.45) is 1.49. The highest BCUT2D eigenvalue weighted by atomic mass is 32.1. The zero-order valence-electron chi connectivity index (χ0n) is 19.3. The molecule has 0 aliphatic carbocycles. The van der Waals surface area contributed by atoms with Crippen molar-refractivity contribution in [3.63, 3.8) is 0 Å². The summed E-state index contributed by atoms with van der Waals surface area (Å²) in [6.45, 7) is 6.22. The number of rotatable bonds is 5. The van der Waals surface area contributed by atoms with Gasteiger partial charge in [-0.15, -0.1) is 5.10 Å². The van der Waals surface area contributed by atoms with E-state index >= 15 is 0 Å². The fourth-order valence-corrected chi connectivity index (χ4v) is 4.97. The van der Waals surface area contributed by atoms with E-state index in [0.29, 0.717) is 29.2 Å². The SMILES string of the molecule is CCOC(=O)C1CCN(Cn2nc3n(-c4ccccc4C)c(=O)c4ccccc4n3c2=S)CC1. The minimum atomic E-state index is -0.125. The number of carbonyl (C=O) groups excluding carboxylic acids is 1. The lowest BCUT2D eigenvalue weighted by atomic mass is 9.97. The predicted octanol–water partition coefficient (Wildman–Crippen LogP) is 3.71. The Morgan fingerprint density at radius 1 is 1.12 bits per heavy atom. The van der Waals surface area contributed by atoms with E-state index in [0.717, 1.165) is 42.7 Å². The van der Waals surface area contributed by atoms with Crippen molar-refractivity contribution in [2.45, 2.75) is 33.4 Å². The molecule has 0 saturated carbocycles. The number of esters is 1. The van der Waals surface area contributed by atoms with Crippen LogP contribution in [0.15, 0.2) is 53.3 Å². The molecule has 9 heteroatoms. The Hall–Kier alpha value is -3.30. The number of para-hydroxylation sites is 2. The van der Waals surface area contributed by atoms with Crippen molar-refractivity contribution < 1.29 is 9.53 Å². The number of benzene rings is 2. The van der Waals surface area contributed by atoms with Crippen molar-refractivity contribution in [1.29, 1.82) is 0 Å². The molecule has 176 valence electrons. The molecule has 1 aliphatic heterocycles. The highest BCUT2D eigenvalue weighted by Crippen LogP contribution is 2.22. The molecule has 2 aromatic carbocycles. The lowest BCUT2D eigenvalue weighted by Crippen LogP contribution is -2.38. The van der Waals surface area contributed by atoms with Crippen LogP contribution in [0.25, 0.3) is 22.4 Å². The van der Waals surface area contributed by atoms with Crippen molar-refractivity contribution in [3.05, 3.63) is 69.2 Å². The van der Waals surface area contributed by atoms with Crippen LogP contribution in [0.3, 0.4) is 0 Å². The van der Waals surface area contributed by atoms with Crippen LogP contribution in [-0.4, -0.2) is 49.3 Å². The van der Waals surface area contributed by atoms with E-state index in [1.165, 1.54) is 0 Å². The Bertz CT molecular complexity index is 1490. The van der Waals surface area contributed by atoms with E-state index < -0.39 is 0 Å². The number of nitrogens with zero attached hydrogens (tertiary/aromatic N) is 5. The van der Waals surface area contributed by atoms with Gasteiger partial charge in [-0.1, -0.05) is 30.3 Å². The summed E-state index contributed by atoms with van der Waals surface area (Å²) in [5, 5.41) is 5.41. The van der Waals surface area contributed by atoms with Crippen LogP contribution < -0.4 is 5.56 Å². The van der Waals surface area contributed by atoms with Gasteiger partial charge in [0.2, 0.25) is 10.5 Å². The molecule has 0 amide bonds. The Labute approximate surface area is 202 Å². The molecule has 0 unspecified atom stereocenters. The highest BCUT2D eigenvalue weighted by molar-refractivity contribution is 7.71. The molecule has 34 heavy (non-hydrogen) atoms. The predicted molar refractivity (Wildman–Crippen MR) is 133 cm³/mol. The topological polar surface area (TPSA) is 73.8 Å². The minimum Gasteiger partial charge on any atom is -0.466 e. The van der Waals surface area contributed by atoms with E-state index in [1.54, 1.807) is 9.25 Å². The number of hydrogen-bond acceptors (Lipinski definition) is 6. The third-order valence-corrected chi connectivity index (χ3v) is 6.89. The molecule has 0 spiro atoms. The summed E-state index contributed by atoms with van der Waals surface area (Å²) in [5.74, 6) is 0.324.